The Bertz CT molecular complexity index is 851. The fourth-order valence-corrected chi connectivity index (χ4v) is 3.75. The lowest BCUT2D eigenvalue weighted by Gasteiger charge is -2.41. The van der Waals surface area contributed by atoms with Crippen LogP contribution in [0.1, 0.15) is 43.2 Å². The molecule has 1 N–H and O–H groups in total. The Labute approximate surface area is 151 Å². The highest BCUT2D eigenvalue weighted by Crippen LogP contribution is 2.42. The molecule has 1 aliphatic heterocycles. The van der Waals surface area contributed by atoms with Crippen molar-refractivity contribution in [2.75, 3.05) is 11.9 Å². The number of rotatable bonds is 5. The van der Waals surface area contributed by atoms with Crippen LogP contribution in [0, 0.1) is 17.2 Å². The van der Waals surface area contributed by atoms with E-state index >= 15 is 0 Å². The van der Waals surface area contributed by atoms with Crippen LogP contribution in [0.15, 0.2) is 24.8 Å². The predicted molar refractivity (Wildman–Crippen MR) is 93.8 cm³/mol. The summed E-state index contributed by atoms with van der Waals surface area (Å²) in [6.07, 6.45) is 10.2. The summed E-state index contributed by atoms with van der Waals surface area (Å²) in [5.41, 5.74) is 0.284. The van der Waals surface area contributed by atoms with E-state index in [0.29, 0.717) is 24.8 Å². The maximum absolute atomic E-state index is 12.6. The average molecular weight is 351 g/mol. The summed E-state index contributed by atoms with van der Waals surface area (Å²) in [6.45, 7) is 0.612. The Balaban J connectivity index is 1.60. The smallest absolute Gasteiger partial charge is 0.223 e. The van der Waals surface area contributed by atoms with Crippen LogP contribution < -0.4 is 5.32 Å². The number of nitriles is 1. The molecule has 1 aliphatic carbocycles. The molecule has 1 saturated carbocycles. The normalized spacial score (nSPS) is 22.9. The molecule has 3 heterocycles. The number of aryl methyl sites for hydroxylation is 1. The fraction of sp³-hybridized carbons (Fsp3) is 0.500. The number of carbonyl (C=O) groups excluding carboxylic acids is 1. The van der Waals surface area contributed by atoms with Gasteiger partial charge in [-0.05, 0) is 19.3 Å². The molecule has 1 amide bonds. The Morgan fingerprint density at radius 3 is 2.73 bits per heavy atom. The van der Waals surface area contributed by atoms with Crippen LogP contribution in [0.3, 0.4) is 0 Å². The van der Waals surface area contributed by atoms with Gasteiger partial charge < -0.3 is 14.8 Å². The summed E-state index contributed by atoms with van der Waals surface area (Å²) in [6, 6.07) is 2.33. The van der Waals surface area contributed by atoms with Crippen molar-refractivity contribution in [1.82, 2.24) is 24.4 Å². The summed E-state index contributed by atoms with van der Waals surface area (Å²) in [5.74, 6) is 1.82. The van der Waals surface area contributed by atoms with E-state index < -0.39 is 0 Å². The molecule has 0 aromatic carbocycles. The van der Waals surface area contributed by atoms with Crippen LogP contribution in [-0.4, -0.2) is 42.9 Å². The highest BCUT2D eigenvalue weighted by Gasteiger charge is 2.45. The highest BCUT2D eigenvalue weighted by molar-refractivity contribution is 5.78. The SMILES string of the molecule is Cn1ccnc1[C@@H]1[C@@H](CNc2nccnc2C#N)CCC(=O)N1C1CC1. The van der Waals surface area contributed by atoms with Crippen molar-refractivity contribution >= 4 is 11.7 Å². The zero-order valence-corrected chi connectivity index (χ0v) is 14.7. The standard InChI is InChI=1S/C18H21N7O/c1-24-9-8-22-18(24)16-12(2-5-15(26)25(16)13-3-4-13)11-23-17-14(10-19)20-6-7-21-17/h6-9,12-13,16H,2-5,11H2,1H3,(H,21,23)/t12-,16+/m1/s1. The van der Waals surface area contributed by atoms with Crippen molar-refractivity contribution in [3.63, 3.8) is 0 Å². The second kappa shape index (κ2) is 6.75. The number of nitrogens with one attached hydrogen (secondary N) is 1. The maximum atomic E-state index is 12.6. The molecule has 2 aromatic rings. The van der Waals surface area contributed by atoms with E-state index in [1.807, 2.05) is 22.7 Å². The molecule has 2 fully saturated rings. The van der Waals surface area contributed by atoms with Gasteiger partial charge in [-0.3, -0.25) is 4.79 Å². The Morgan fingerprint density at radius 2 is 2.04 bits per heavy atom. The Morgan fingerprint density at radius 1 is 1.23 bits per heavy atom. The number of carbonyl (C=O) groups is 1. The maximum Gasteiger partial charge on any atom is 0.223 e. The third-order valence-electron chi connectivity index (χ3n) is 5.16. The van der Waals surface area contributed by atoms with Gasteiger partial charge in [0, 0.05) is 56.8 Å². The molecule has 2 aliphatic rings. The van der Waals surface area contributed by atoms with Crippen molar-refractivity contribution in [1.29, 1.82) is 5.26 Å². The second-order valence-corrected chi connectivity index (χ2v) is 6.92. The average Bonchev–Trinajstić information content (AvgIpc) is 3.41. The number of likely N-dealkylation sites (tertiary alicyclic amines) is 1. The van der Waals surface area contributed by atoms with Crippen LogP contribution in [-0.2, 0) is 11.8 Å². The molecular weight excluding hydrogens is 330 g/mol. The molecule has 0 spiro atoms. The molecule has 2 aromatic heterocycles. The first kappa shape index (κ1) is 16.5. The summed E-state index contributed by atoms with van der Waals surface area (Å²) < 4.78 is 1.99. The third kappa shape index (κ3) is 3.01. The number of aromatic nitrogens is 4. The van der Waals surface area contributed by atoms with Gasteiger partial charge in [-0.25, -0.2) is 15.0 Å². The minimum absolute atomic E-state index is 0.0570. The number of anilines is 1. The first-order valence-electron chi connectivity index (χ1n) is 8.92. The molecule has 2 atom stereocenters. The first-order valence-corrected chi connectivity index (χ1v) is 8.92. The minimum Gasteiger partial charge on any atom is -0.367 e. The number of imidazole rings is 1. The van der Waals surface area contributed by atoms with Gasteiger partial charge in [-0.15, -0.1) is 0 Å². The van der Waals surface area contributed by atoms with Gasteiger partial charge in [-0.1, -0.05) is 0 Å². The Kier molecular flexibility index (Phi) is 4.29. The monoisotopic (exact) mass is 351 g/mol. The summed E-state index contributed by atoms with van der Waals surface area (Å²) in [7, 11) is 1.97. The predicted octanol–water partition coefficient (Wildman–Crippen LogP) is 1.64. The second-order valence-electron chi connectivity index (χ2n) is 6.92. The highest BCUT2D eigenvalue weighted by atomic mass is 16.2. The van der Waals surface area contributed by atoms with Crippen LogP contribution in [0.4, 0.5) is 5.82 Å². The molecule has 0 unspecified atom stereocenters. The lowest BCUT2D eigenvalue weighted by atomic mass is 9.87. The first-order chi connectivity index (χ1) is 12.7. The molecular formula is C18H21N7O. The van der Waals surface area contributed by atoms with E-state index in [1.165, 1.54) is 6.20 Å². The van der Waals surface area contributed by atoms with Gasteiger partial charge in [0.1, 0.15) is 11.9 Å². The molecule has 0 radical (unpaired) electrons. The van der Waals surface area contributed by atoms with Crippen LogP contribution in [0.2, 0.25) is 0 Å². The topological polar surface area (TPSA) is 99.7 Å². The number of hydrogen-bond acceptors (Lipinski definition) is 6. The summed E-state index contributed by atoms with van der Waals surface area (Å²) in [4.78, 5) is 27.5. The fourth-order valence-electron chi connectivity index (χ4n) is 3.75. The molecule has 8 nitrogen and oxygen atoms in total. The number of hydrogen-bond donors (Lipinski definition) is 1. The van der Waals surface area contributed by atoms with Gasteiger partial charge in [0.15, 0.2) is 11.5 Å². The zero-order chi connectivity index (χ0) is 18.1. The summed E-state index contributed by atoms with van der Waals surface area (Å²) in [5, 5.41) is 12.5. The van der Waals surface area contributed by atoms with Gasteiger partial charge in [0.2, 0.25) is 5.91 Å². The van der Waals surface area contributed by atoms with Crippen molar-refractivity contribution < 1.29 is 4.79 Å². The van der Waals surface area contributed by atoms with E-state index in [1.54, 1.807) is 12.4 Å². The van der Waals surface area contributed by atoms with Crippen molar-refractivity contribution in [3.05, 3.63) is 36.3 Å². The van der Waals surface area contributed by atoms with Gasteiger partial charge in [0.05, 0.1) is 6.04 Å². The van der Waals surface area contributed by atoms with E-state index in [-0.39, 0.29) is 23.6 Å². The molecule has 26 heavy (non-hydrogen) atoms. The van der Waals surface area contributed by atoms with Crippen LogP contribution >= 0.6 is 0 Å². The lowest BCUT2D eigenvalue weighted by molar-refractivity contribution is -0.140. The molecule has 4 rings (SSSR count). The third-order valence-corrected chi connectivity index (χ3v) is 5.16. The number of nitrogens with zero attached hydrogens (tertiary/aromatic N) is 6. The van der Waals surface area contributed by atoms with Crippen LogP contribution in [0.25, 0.3) is 0 Å². The molecule has 134 valence electrons. The van der Waals surface area contributed by atoms with Gasteiger partial charge in [0.25, 0.3) is 0 Å². The number of amides is 1. The van der Waals surface area contributed by atoms with Gasteiger partial charge >= 0.3 is 0 Å². The minimum atomic E-state index is -0.0570. The summed E-state index contributed by atoms with van der Waals surface area (Å²) >= 11 is 0. The van der Waals surface area contributed by atoms with E-state index in [4.69, 9.17) is 0 Å². The lowest BCUT2D eigenvalue weighted by Crippen LogP contribution is -2.47. The van der Waals surface area contributed by atoms with Crippen molar-refractivity contribution in [2.24, 2.45) is 13.0 Å². The van der Waals surface area contributed by atoms with Crippen molar-refractivity contribution in [2.45, 2.75) is 37.8 Å². The van der Waals surface area contributed by atoms with Crippen molar-refractivity contribution in [3.8, 4) is 6.07 Å². The number of piperidine rings is 1. The largest absolute Gasteiger partial charge is 0.367 e. The quantitative estimate of drug-likeness (QED) is 0.879. The molecule has 8 heteroatoms. The van der Waals surface area contributed by atoms with E-state index in [2.05, 4.69) is 26.3 Å². The molecule has 1 saturated heterocycles. The van der Waals surface area contributed by atoms with Gasteiger partial charge in [-0.2, -0.15) is 5.26 Å². The van der Waals surface area contributed by atoms with E-state index in [0.717, 1.165) is 25.1 Å². The molecule has 0 bridgehead atoms. The van der Waals surface area contributed by atoms with Crippen LogP contribution in [0.5, 0.6) is 0 Å². The Hall–Kier alpha value is -2.95. The van der Waals surface area contributed by atoms with E-state index in [9.17, 15) is 10.1 Å². The zero-order valence-electron chi connectivity index (χ0n) is 14.7.